The van der Waals surface area contributed by atoms with Crippen molar-refractivity contribution in [3.05, 3.63) is 34.9 Å². The molecule has 1 aromatic heterocycles. The van der Waals surface area contributed by atoms with Gasteiger partial charge in [0, 0.05) is 10.6 Å². The van der Waals surface area contributed by atoms with Gasteiger partial charge in [0.25, 0.3) is 0 Å². The van der Waals surface area contributed by atoms with Gasteiger partial charge in [0.2, 0.25) is 0 Å². The Balaban J connectivity index is 2.41. The Morgan fingerprint density at radius 3 is 2.53 bits per heavy atom. The number of rotatable bonds is 3. The Morgan fingerprint density at radius 2 is 1.94 bits per heavy atom. The largest absolute Gasteiger partial charge is 0.382 e. The van der Waals surface area contributed by atoms with Crippen LogP contribution in [0.5, 0.6) is 0 Å². The van der Waals surface area contributed by atoms with E-state index >= 15 is 0 Å². The first kappa shape index (κ1) is 12.0. The quantitative estimate of drug-likeness (QED) is 0.875. The summed E-state index contributed by atoms with van der Waals surface area (Å²) in [7, 11) is 0. The molecule has 0 aliphatic carbocycles. The summed E-state index contributed by atoms with van der Waals surface area (Å²) >= 11 is 5.88. The number of nitrogen functional groups attached to an aromatic ring is 1. The van der Waals surface area contributed by atoms with Crippen molar-refractivity contribution >= 4 is 17.4 Å². The maximum Gasteiger partial charge on any atom is 0.149 e. The van der Waals surface area contributed by atoms with Gasteiger partial charge in [-0.05, 0) is 30.0 Å². The standard InChI is InChI=1S/C13H16ClN3/c1-8(2)7-11-12(16-17-13(11)15)9-3-5-10(14)6-4-9/h3-6,8H,7H2,1-2H3,(H3,15,16,17). The van der Waals surface area contributed by atoms with Crippen molar-refractivity contribution in [3.63, 3.8) is 0 Å². The van der Waals surface area contributed by atoms with E-state index in [4.69, 9.17) is 17.3 Å². The average Bonchev–Trinajstić information content (AvgIpc) is 2.61. The van der Waals surface area contributed by atoms with Crippen LogP contribution in [0.2, 0.25) is 5.02 Å². The lowest BCUT2D eigenvalue weighted by Gasteiger charge is -2.07. The third kappa shape index (κ3) is 2.61. The van der Waals surface area contributed by atoms with Gasteiger partial charge in [-0.2, -0.15) is 5.10 Å². The number of anilines is 1. The fourth-order valence-electron chi connectivity index (χ4n) is 1.85. The normalized spacial score (nSPS) is 11.1. The zero-order valence-corrected chi connectivity index (χ0v) is 10.8. The van der Waals surface area contributed by atoms with Crippen LogP contribution in [-0.2, 0) is 6.42 Å². The van der Waals surface area contributed by atoms with Crippen molar-refractivity contribution in [3.8, 4) is 11.3 Å². The van der Waals surface area contributed by atoms with Gasteiger partial charge in [0.1, 0.15) is 5.82 Å². The lowest BCUT2D eigenvalue weighted by atomic mass is 9.99. The maximum absolute atomic E-state index is 5.89. The number of nitrogens with two attached hydrogens (primary N) is 1. The van der Waals surface area contributed by atoms with Crippen LogP contribution in [0.1, 0.15) is 19.4 Å². The minimum Gasteiger partial charge on any atom is -0.382 e. The molecule has 0 saturated heterocycles. The van der Waals surface area contributed by atoms with Crippen molar-refractivity contribution in [1.29, 1.82) is 0 Å². The van der Waals surface area contributed by atoms with Gasteiger partial charge < -0.3 is 5.73 Å². The van der Waals surface area contributed by atoms with Crippen LogP contribution in [-0.4, -0.2) is 10.2 Å². The number of halogens is 1. The number of aromatic nitrogens is 2. The van der Waals surface area contributed by atoms with Crippen molar-refractivity contribution < 1.29 is 0 Å². The lowest BCUT2D eigenvalue weighted by molar-refractivity contribution is 0.649. The molecule has 2 aromatic rings. The molecule has 0 fully saturated rings. The van der Waals surface area contributed by atoms with Gasteiger partial charge in [-0.1, -0.05) is 37.6 Å². The summed E-state index contributed by atoms with van der Waals surface area (Å²) < 4.78 is 0. The van der Waals surface area contributed by atoms with Crippen molar-refractivity contribution in [1.82, 2.24) is 10.2 Å². The summed E-state index contributed by atoms with van der Waals surface area (Å²) in [6.07, 6.45) is 0.917. The molecule has 90 valence electrons. The molecule has 0 aliphatic heterocycles. The second-order valence-corrected chi connectivity index (χ2v) is 5.00. The molecular formula is C13H16ClN3. The molecule has 17 heavy (non-hydrogen) atoms. The third-order valence-corrected chi connectivity index (χ3v) is 2.90. The van der Waals surface area contributed by atoms with Crippen LogP contribution in [0.25, 0.3) is 11.3 Å². The summed E-state index contributed by atoms with van der Waals surface area (Å²) in [6.45, 7) is 4.33. The maximum atomic E-state index is 5.89. The highest BCUT2D eigenvalue weighted by Crippen LogP contribution is 2.28. The first-order valence-corrected chi connectivity index (χ1v) is 6.04. The SMILES string of the molecule is CC(C)Cc1c(N)n[nH]c1-c1ccc(Cl)cc1. The van der Waals surface area contributed by atoms with E-state index in [1.165, 1.54) is 0 Å². The van der Waals surface area contributed by atoms with Crippen LogP contribution in [0.3, 0.4) is 0 Å². The molecule has 0 atom stereocenters. The Bertz CT molecular complexity index is 500. The molecule has 3 nitrogen and oxygen atoms in total. The predicted molar refractivity (Wildman–Crippen MR) is 72.0 cm³/mol. The zero-order chi connectivity index (χ0) is 12.4. The van der Waals surface area contributed by atoms with Crippen LogP contribution in [0, 0.1) is 5.92 Å². The Hall–Kier alpha value is -1.48. The number of aromatic amines is 1. The van der Waals surface area contributed by atoms with Gasteiger partial charge in [-0.15, -0.1) is 0 Å². The number of hydrogen-bond acceptors (Lipinski definition) is 2. The van der Waals surface area contributed by atoms with E-state index in [1.54, 1.807) is 0 Å². The molecule has 1 aromatic carbocycles. The van der Waals surface area contributed by atoms with E-state index in [9.17, 15) is 0 Å². The number of nitrogens with one attached hydrogen (secondary N) is 1. The summed E-state index contributed by atoms with van der Waals surface area (Å²) in [5.74, 6) is 1.13. The molecule has 4 heteroatoms. The highest BCUT2D eigenvalue weighted by atomic mass is 35.5. The van der Waals surface area contributed by atoms with Crippen molar-refractivity contribution in [2.45, 2.75) is 20.3 Å². The summed E-state index contributed by atoms with van der Waals surface area (Å²) in [5.41, 5.74) is 9.03. The molecule has 0 bridgehead atoms. The molecule has 0 saturated carbocycles. The monoisotopic (exact) mass is 249 g/mol. The lowest BCUT2D eigenvalue weighted by Crippen LogP contribution is -1.99. The third-order valence-electron chi connectivity index (χ3n) is 2.64. The second kappa shape index (κ2) is 4.80. The topological polar surface area (TPSA) is 54.7 Å². The predicted octanol–water partition coefficient (Wildman–Crippen LogP) is 3.51. The van der Waals surface area contributed by atoms with Crippen LogP contribution in [0.4, 0.5) is 5.82 Å². The summed E-state index contributed by atoms with van der Waals surface area (Å²) in [4.78, 5) is 0. The van der Waals surface area contributed by atoms with E-state index in [2.05, 4.69) is 24.0 Å². The van der Waals surface area contributed by atoms with E-state index in [0.29, 0.717) is 11.7 Å². The number of nitrogens with zero attached hydrogens (tertiary/aromatic N) is 1. The molecule has 0 radical (unpaired) electrons. The molecule has 0 amide bonds. The van der Waals surface area contributed by atoms with Crippen molar-refractivity contribution in [2.24, 2.45) is 5.92 Å². The van der Waals surface area contributed by atoms with E-state index in [1.807, 2.05) is 24.3 Å². The van der Waals surface area contributed by atoms with E-state index < -0.39 is 0 Å². The molecule has 1 heterocycles. The Morgan fingerprint density at radius 1 is 1.29 bits per heavy atom. The van der Waals surface area contributed by atoms with Crippen LogP contribution < -0.4 is 5.73 Å². The Kier molecular flexibility index (Phi) is 3.38. The van der Waals surface area contributed by atoms with Gasteiger partial charge in [0.05, 0.1) is 5.69 Å². The van der Waals surface area contributed by atoms with Gasteiger partial charge in [-0.3, -0.25) is 5.10 Å². The molecule has 0 aliphatic rings. The zero-order valence-electron chi connectivity index (χ0n) is 10.00. The molecule has 2 rings (SSSR count). The molecular weight excluding hydrogens is 234 g/mol. The molecule has 0 unspecified atom stereocenters. The summed E-state index contributed by atoms with van der Waals surface area (Å²) in [5, 5.41) is 7.81. The number of benzene rings is 1. The Labute approximate surface area is 106 Å². The van der Waals surface area contributed by atoms with Gasteiger partial charge >= 0.3 is 0 Å². The smallest absolute Gasteiger partial charge is 0.149 e. The van der Waals surface area contributed by atoms with Crippen LogP contribution in [0.15, 0.2) is 24.3 Å². The second-order valence-electron chi connectivity index (χ2n) is 4.57. The van der Waals surface area contributed by atoms with Crippen LogP contribution >= 0.6 is 11.6 Å². The van der Waals surface area contributed by atoms with E-state index in [-0.39, 0.29) is 0 Å². The highest BCUT2D eigenvalue weighted by Gasteiger charge is 2.13. The minimum absolute atomic E-state index is 0.543. The summed E-state index contributed by atoms with van der Waals surface area (Å²) in [6, 6.07) is 7.68. The number of H-pyrrole nitrogens is 1. The molecule has 0 spiro atoms. The fourth-order valence-corrected chi connectivity index (χ4v) is 1.98. The van der Waals surface area contributed by atoms with Gasteiger partial charge in [0.15, 0.2) is 0 Å². The van der Waals surface area contributed by atoms with Crippen molar-refractivity contribution in [2.75, 3.05) is 5.73 Å². The van der Waals surface area contributed by atoms with E-state index in [0.717, 1.165) is 28.3 Å². The average molecular weight is 250 g/mol. The minimum atomic E-state index is 0.543. The first-order chi connectivity index (χ1) is 8.08. The first-order valence-electron chi connectivity index (χ1n) is 5.66. The fraction of sp³-hybridized carbons (Fsp3) is 0.308. The number of hydrogen-bond donors (Lipinski definition) is 2. The molecule has 3 N–H and O–H groups in total. The van der Waals surface area contributed by atoms with Gasteiger partial charge in [-0.25, -0.2) is 0 Å². The highest BCUT2D eigenvalue weighted by molar-refractivity contribution is 6.30.